The van der Waals surface area contributed by atoms with Crippen LogP contribution in [0.4, 0.5) is 21.5 Å². The molecule has 1 aliphatic rings. The molecule has 0 spiro atoms. The van der Waals surface area contributed by atoms with E-state index in [4.69, 9.17) is 11.6 Å². The number of fused-ring (bicyclic) bond motifs is 1. The van der Waals surface area contributed by atoms with Crippen LogP contribution in [0.25, 0.3) is 0 Å². The number of hydrogen-bond donors (Lipinski definition) is 1. The van der Waals surface area contributed by atoms with Gasteiger partial charge in [0.25, 0.3) is 0 Å². The summed E-state index contributed by atoms with van der Waals surface area (Å²) in [5.41, 5.74) is 3.58. The average molecular weight is 355 g/mol. The first-order chi connectivity index (χ1) is 9.65. The van der Waals surface area contributed by atoms with Crippen LogP contribution in [-0.2, 0) is 0 Å². The van der Waals surface area contributed by atoms with Gasteiger partial charge in [0.1, 0.15) is 0 Å². The van der Waals surface area contributed by atoms with Gasteiger partial charge in [-0.1, -0.05) is 0 Å². The number of nitrogens with zero attached hydrogens (tertiary/aromatic N) is 2. The van der Waals surface area contributed by atoms with Crippen molar-refractivity contribution in [3.05, 3.63) is 52.8 Å². The van der Waals surface area contributed by atoms with Crippen LogP contribution in [0.2, 0.25) is 5.02 Å². The maximum atomic E-state index is 13.5. The van der Waals surface area contributed by atoms with Crippen molar-refractivity contribution in [3.63, 3.8) is 0 Å². The minimum absolute atomic E-state index is 0.0448. The molecule has 0 saturated heterocycles. The summed E-state index contributed by atoms with van der Waals surface area (Å²) in [5.74, 6) is -0.404. The molecule has 0 bridgehead atoms. The summed E-state index contributed by atoms with van der Waals surface area (Å²) in [6.07, 6.45) is 0. The summed E-state index contributed by atoms with van der Waals surface area (Å²) in [6.45, 7) is 1.97. The Morgan fingerprint density at radius 1 is 1.25 bits per heavy atom. The first-order valence-electron chi connectivity index (χ1n) is 6.08. The fraction of sp³-hybridized carbons (Fsp3) is 0.143. The molecule has 0 aromatic heterocycles. The fourth-order valence-corrected chi connectivity index (χ4v) is 3.29. The van der Waals surface area contributed by atoms with Crippen molar-refractivity contribution in [1.82, 2.24) is 0 Å². The number of benzene rings is 2. The second kappa shape index (κ2) is 5.52. The van der Waals surface area contributed by atoms with Crippen molar-refractivity contribution >= 4 is 43.2 Å². The summed E-state index contributed by atoms with van der Waals surface area (Å²) < 4.78 is 22.3. The number of nitrogens with one attached hydrogen (secondary N) is 1. The Labute approximate surface area is 126 Å². The van der Waals surface area contributed by atoms with E-state index in [1.54, 1.807) is 6.07 Å². The van der Waals surface area contributed by atoms with Crippen molar-refractivity contribution < 1.29 is 4.39 Å². The number of hydrogen-bond acceptors (Lipinski definition) is 3. The molecular formula is C14H11ClFN3Se. The number of anilines is 1. The third kappa shape index (κ3) is 2.57. The van der Waals surface area contributed by atoms with E-state index in [0.717, 1.165) is 22.6 Å². The molecule has 0 saturated carbocycles. The summed E-state index contributed by atoms with van der Waals surface area (Å²) >= 11 is 5.64. The first-order valence-corrected chi connectivity index (χ1v) is 7.99. The molecular weight excluding hydrogens is 344 g/mol. The molecule has 0 aliphatic carbocycles. The zero-order chi connectivity index (χ0) is 14.1. The third-order valence-corrected chi connectivity index (χ3v) is 4.55. The molecule has 1 aliphatic heterocycles. The second-order valence-corrected chi connectivity index (χ2v) is 5.99. The van der Waals surface area contributed by atoms with E-state index in [-0.39, 0.29) is 25.6 Å². The molecule has 1 heterocycles. The minimum atomic E-state index is -0.404. The molecule has 0 fully saturated rings. The van der Waals surface area contributed by atoms with Gasteiger partial charge in [0.2, 0.25) is 0 Å². The van der Waals surface area contributed by atoms with Crippen LogP contribution in [0.3, 0.4) is 0 Å². The quantitative estimate of drug-likeness (QED) is 0.660. The van der Waals surface area contributed by atoms with Gasteiger partial charge in [0.15, 0.2) is 0 Å². The van der Waals surface area contributed by atoms with Gasteiger partial charge >= 0.3 is 127 Å². The standard InChI is InChI=1S/C14H11ClFN3Se/c1-8(9-5-6-10(15)11(16)7-9)17-12-3-2-4-13-14(12)19-20-18-13/h2-8,17H,1H3. The van der Waals surface area contributed by atoms with Crippen LogP contribution in [0.15, 0.2) is 44.3 Å². The van der Waals surface area contributed by atoms with Crippen LogP contribution in [0.5, 0.6) is 0 Å². The van der Waals surface area contributed by atoms with Crippen molar-refractivity contribution in [2.45, 2.75) is 13.0 Å². The zero-order valence-corrected chi connectivity index (χ0v) is 13.1. The van der Waals surface area contributed by atoms with E-state index in [2.05, 4.69) is 13.2 Å². The number of rotatable bonds is 3. The van der Waals surface area contributed by atoms with E-state index in [1.165, 1.54) is 6.07 Å². The van der Waals surface area contributed by atoms with Gasteiger partial charge in [-0.3, -0.25) is 0 Å². The second-order valence-electron chi connectivity index (χ2n) is 4.48. The third-order valence-electron chi connectivity index (χ3n) is 3.10. The summed E-state index contributed by atoms with van der Waals surface area (Å²) in [6, 6.07) is 10.6. The predicted molar refractivity (Wildman–Crippen MR) is 79.8 cm³/mol. The maximum absolute atomic E-state index is 13.5. The summed E-state index contributed by atoms with van der Waals surface area (Å²) in [4.78, 5) is 0. The van der Waals surface area contributed by atoms with Crippen molar-refractivity contribution in [2.24, 2.45) is 7.92 Å². The molecule has 1 N–H and O–H groups in total. The van der Waals surface area contributed by atoms with Crippen LogP contribution in [0, 0.1) is 5.82 Å². The molecule has 102 valence electrons. The van der Waals surface area contributed by atoms with E-state index < -0.39 is 5.82 Å². The van der Waals surface area contributed by atoms with Crippen LogP contribution in [0.1, 0.15) is 18.5 Å². The van der Waals surface area contributed by atoms with E-state index >= 15 is 0 Å². The average Bonchev–Trinajstić information content (AvgIpc) is 2.91. The van der Waals surface area contributed by atoms with E-state index in [9.17, 15) is 4.39 Å². The zero-order valence-electron chi connectivity index (χ0n) is 10.6. The van der Waals surface area contributed by atoms with Crippen LogP contribution >= 0.6 is 11.6 Å². The van der Waals surface area contributed by atoms with Crippen LogP contribution in [-0.4, -0.2) is 14.6 Å². The van der Waals surface area contributed by atoms with Gasteiger partial charge in [-0.05, 0) is 0 Å². The molecule has 1 unspecified atom stereocenters. The first kappa shape index (κ1) is 13.6. The fourth-order valence-electron chi connectivity index (χ4n) is 2.02. The van der Waals surface area contributed by atoms with Crippen molar-refractivity contribution in [2.75, 3.05) is 5.32 Å². The Kier molecular flexibility index (Phi) is 3.74. The van der Waals surface area contributed by atoms with Gasteiger partial charge < -0.3 is 0 Å². The molecule has 0 amide bonds. The SMILES string of the molecule is CC(Nc1cccc2c1N=[Se]=N2)c1ccc(Cl)c(F)c1. The van der Waals surface area contributed by atoms with Gasteiger partial charge in [0.05, 0.1) is 0 Å². The predicted octanol–water partition coefficient (Wildman–Crippen LogP) is 5.00. The number of halogens is 2. The monoisotopic (exact) mass is 355 g/mol. The Morgan fingerprint density at radius 2 is 2.10 bits per heavy atom. The summed E-state index contributed by atoms with van der Waals surface area (Å²) in [7, 11) is 0. The normalized spacial score (nSPS) is 13.8. The molecule has 2 aromatic rings. The molecule has 2 aromatic carbocycles. The van der Waals surface area contributed by atoms with Crippen molar-refractivity contribution in [3.8, 4) is 0 Å². The topological polar surface area (TPSA) is 36.8 Å². The van der Waals surface area contributed by atoms with Gasteiger partial charge in [-0.15, -0.1) is 0 Å². The summed E-state index contributed by atoms with van der Waals surface area (Å²) in [5, 5.41) is 3.49. The molecule has 6 heteroatoms. The Bertz CT molecular complexity index is 741. The molecule has 3 rings (SSSR count). The van der Waals surface area contributed by atoms with Crippen molar-refractivity contribution in [1.29, 1.82) is 0 Å². The van der Waals surface area contributed by atoms with Crippen LogP contribution < -0.4 is 5.32 Å². The van der Waals surface area contributed by atoms with Gasteiger partial charge in [0, 0.05) is 0 Å². The Morgan fingerprint density at radius 3 is 2.90 bits per heavy atom. The van der Waals surface area contributed by atoms with E-state index in [1.807, 2.05) is 31.2 Å². The Balaban J connectivity index is 1.86. The van der Waals surface area contributed by atoms with Gasteiger partial charge in [-0.25, -0.2) is 0 Å². The molecule has 0 radical (unpaired) electrons. The molecule has 20 heavy (non-hydrogen) atoms. The van der Waals surface area contributed by atoms with E-state index in [0.29, 0.717) is 0 Å². The Hall–Kier alpha value is -1.42. The molecule has 3 nitrogen and oxygen atoms in total. The molecule has 1 atom stereocenters. The van der Waals surface area contributed by atoms with Gasteiger partial charge in [-0.2, -0.15) is 0 Å².